The minimum absolute atomic E-state index is 0.177. The van der Waals surface area contributed by atoms with Crippen LogP contribution in [0.4, 0.5) is 11.4 Å². The molecule has 0 spiro atoms. The molecule has 1 amide bonds. The molecule has 3 rings (SSSR count). The first-order valence-electron chi connectivity index (χ1n) is 9.68. The van der Waals surface area contributed by atoms with Crippen LogP contribution in [0.15, 0.2) is 42.5 Å². The number of amides is 1. The average Bonchev–Trinajstić information content (AvgIpc) is 2.70. The largest absolute Gasteiger partial charge is 0.493 e. The van der Waals surface area contributed by atoms with Crippen molar-refractivity contribution in [3.63, 3.8) is 0 Å². The van der Waals surface area contributed by atoms with Gasteiger partial charge in [-0.15, -0.1) is 0 Å². The molecule has 0 saturated heterocycles. The predicted molar refractivity (Wildman–Crippen MR) is 109 cm³/mol. The van der Waals surface area contributed by atoms with Crippen LogP contribution in [-0.4, -0.2) is 25.7 Å². The second-order valence-corrected chi connectivity index (χ2v) is 6.81. The summed E-state index contributed by atoms with van der Waals surface area (Å²) in [4.78, 5) is 12.5. The quantitative estimate of drug-likeness (QED) is 0.714. The Bertz CT molecular complexity index is 753. The number of anilines is 2. The van der Waals surface area contributed by atoms with E-state index in [2.05, 4.69) is 10.6 Å². The molecule has 1 aliphatic rings. The van der Waals surface area contributed by atoms with E-state index in [1.165, 1.54) is 32.1 Å². The number of hydrogen-bond acceptors (Lipinski definition) is 4. The highest BCUT2D eigenvalue weighted by Gasteiger charge is 2.14. The molecule has 2 aromatic rings. The van der Waals surface area contributed by atoms with E-state index in [0.29, 0.717) is 29.7 Å². The van der Waals surface area contributed by atoms with Crippen LogP contribution in [0, 0.1) is 0 Å². The lowest BCUT2D eigenvalue weighted by molar-refractivity contribution is 0.102. The Kier molecular flexibility index (Phi) is 6.58. The maximum absolute atomic E-state index is 12.5. The van der Waals surface area contributed by atoms with Crippen molar-refractivity contribution in [2.24, 2.45) is 0 Å². The van der Waals surface area contributed by atoms with E-state index in [4.69, 9.17) is 9.47 Å². The van der Waals surface area contributed by atoms with Gasteiger partial charge in [0, 0.05) is 23.0 Å². The molecule has 0 aliphatic heterocycles. The number of methoxy groups -OCH3 is 1. The van der Waals surface area contributed by atoms with Gasteiger partial charge in [-0.05, 0) is 62.2 Å². The van der Waals surface area contributed by atoms with Gasteiger partial charge in [-0.3, -0.25) is 4.79 Å². The Morgan fingerprint density at radius 3 is 2.37 bits per heavy atom. The van der Waals surface area contributed by atoms with Gasteiger partial charge in [0.15, 0.2) is 11.5 Å². The normalized spacial score (nSPS) is 14.4. The second kappa shape index (κ2) is 9.31. The van der Waals surface area contributed by atoms with Gasteiger partial charge in [-0.2, -0.15) is 0 Å². The maximum atomic E-state index is 12.5. The van der Waals surface area contributed by atoms with Gasteiger partial charge in [-0.25, -0.2) is 0 Å². The van der Waals surface area contributed by atoms with Crippen LogP contribution in [0.3, 0.4) is 0 Å². The standard InChI is InChI=1S/C22H28N2O3/c1-3-27-20-14-9-16(15-21(20)26-2)22(25)24-19-12-10-18(11-13-19)23-17-7-5-4-6-8-17/h9-15,17,23H,3-8H2,1-2H3,(H,24,25). The smallest absolute Gasteiger partial charge is 0.255 e. The fourth-order valence-electron chi connectivity index (χ4n) is 3.42. The van der Waals surface area contributed by atoms with Crippen LogP contribution in [0.5, 0.6) is 11.5 Å². The van der Waals surface area contributed by atoms with Gasteiger partial charge in [0.1, 0.15) is 0 Å². The summed E-state index contributed by atoms with van der Waals surface area (Å²) in [5, 5.41) is 6.51. The molecular weight excluding hydrogens is 340 g/mol. The third-order valence-corrected chi connectivity index (χ3v) is 4.84. The molecule has 0 atom stereocenters. The first kappa shape index (κ1) is 19.1. The third-order valence-electron chi connectivity index (χ3n) is 4.84. The molecule has 0 heterocycles. The van der Waals surface area contributed by atoms with Crippen molar-refractivity contribution in [3.8, 4) is 11.5 Å². The zero-order valence-electron chi connectivity index (χ0n) is 16.1. The molecule has 5 heteroatoms. The number of carbonyl (C=O) groups is 1. The fraction of sp³-hybridized carbons (Fsp3) is 0.409. The minimum atomic E-state index is -0.177. The summed E-state index contributed by atoms with van der Waals surface area (Å²) in [7, 11) is 1.57. The molecule has 2 N–H and O–H groups in total. The van der Waals surface area contributed by atoms with Crippen molar-refractivity contribution in [1.82, 2.24) is 0 Å². The van der Waals surface area contributed by atoms with Crippen molar-refractivity contribution < 1.29 is 14.3 Å². The summed E-state index contributed by atoms with van der Waals surface area (Å²) in [6.45, 7) is 2.45. The summed E-state index contributed by atoms with van der Waals surface area (Å²) >= 11 is 0. The van der Waals surface area contributed by atoms with Crippen LogP contribution in [0.25, 0.3) is 0 Å². The van der Waals surface area contributed by atoms with Gasteiger partial charge in [0.05, 0.1) is 13.7 Å². The molecule has 2 aromatic carbocycles. The van der Waals surface area contributed by atoms with Crippen LogP contribution in [0.1, 0.15) is 49.4 Å². The number of benzene rings is 2. The number of nitrogens with one attached hydrogen (secondary N) is 2. The fourth-order valence-corrected chi connectivity index (χ4v) is 3.42. The zero-order valence-corrected chi connectivity index (χ0v) is 16.1. The monoisotopic (exact) mass is 368 g/mol. The Balaban J connectivity index is 1.61. The van der Waals surface area contributed by atoms with Crippen molar-refractivity contribution in [2.75, 3.05) is 24.4 Å². The Hall–Kier alpha value is -2.69. The molecule has 0 aromatic heterocycles. The van der Waals surface area contributed by atoms with Gasteiger partial charge < -0.3 is 20.1 Å². The Morgan fingerprint density at radius 2 is 1.70 bits per heavy atom. The summed E-state index contributed by atoms with van der Waals surface area (Å²) in [5.74, 6) is 1.01. The van der Waals surface area contributed by atoms with Crippen molar-refractivity contribution in [2.45, 2.75) is 45.1 Å². The Morgan fingerprint density at radius 1 is 1.00 bits per heavy atom. The molecule has 27 heavy (non-hydrogen) atoms. The van der Waals surface area contributed by atoms with E-state index in [9.17, 15) is 4.79 Å². The van der Waals surface area contributed by atoms with Gasteiger partial charge >= 0.3 is 0 Å². The van der Waals surface area contributed by atoms with E-state index in [1.54, 1.807) is 25.3 Å². The lowest BCUT2D eigenvalue weighted by Gasteiger charge is -2.23. The lowest BCUT2D eigenvalue weighted by atomic mass is 9.95. The predicted octanol–water partition coefficient (Wildman–Crippen LogP) is 5.09. The topological polar surface area (TPSA) is 59.6 Å². The first-order chi connectivity index (χ1) is 13.2. The SMILES string of the molecule is CCOc1ccc(C(=O)Nc2ccc(NC3CCCCC3)cc2)cc1OC. The number of rotatable bonds is 7. The van der Waals surface area contributed by atoms with Crippen molar-refractivity contribution in [1.29, 1.82) is 0 Å². The van der Waals surface area contributed by atoms with Gasteiger partial charge in [0.2, 0.25) is 0 Å². The van der Waals surface area contributed by atoms with E-state index >= 15 is 0 Å². The van der Waals surface area contributed by atoms with Crippen LogP contribution < -0.4 is 20.1 Å². The highest BCUT2D eigenvalue weighted by atomic mass is 16.5. The van der Waals surface area contributed by atoms with Crippen LogP contribution >= 0.6 is 0 Å². The average molecular weight is 368 g/mol. The van der Waals surface area contributed by atoms with Crippen molar-refractivity contribution in [3.05, 3.63) is 48.0 Å². The summed E-state index contributed by atoms with van der Waals surface area (Å²) in [6.07, 6.45) is 6.42. The second-order valence-electron chi connectivity index (χ2n) is 6.81. The zero-order chi connectivity index (χ0) is 19.1. The lowest BCUT2D eigenvalue weighted by Crippen LogP contribution is -2.22. The third kappa shape index (κ3) is 5.16. The maximum Gasteiger partial charge on any atom is 0.255 e. The molecule has 1 aliphatic carbocycles. The minimum Gasteiger partial charge on any atom is -0.493 e. The number of carbonyl (C=O) groups excluding carboxylic acids is 1. The molecule has 144 valence electrons. The summed E-state index contributed by atoms with van der Waals surface area (Å²) in [5.41, 5.74) is 2.39. The molecule has 1 saturated carbocycles. The molecular formula is C22H28N2O3. The molecule has 0 radical (unpaired) electrons. The molecule has 1 fully saturated rings. The van der Waals surface area contributed by atoms with Crippen molar-refractivity contribution >= 4 is 17.3 Å². The van der Waals surface area contributed by atoms with E-state index in [-0.39, 0.29) is 5.91 Å². The molecule has 5 nitrogen and oxygen atoms in total. The first-order valence-corrected chi connectivity index (χ1v) is 9.68. The van der Waals surface area contributed by atoms with E-state index < -0.39 is 0 Å². The van der Waals surface area contributed by atoms with Crippen LogP contribution in [-0.2, 0) is 0 Å². The number of hydrogen-bond donors (Lipinski definition) is 2. The molecule has 0 bridgehead atoms. The summed E-state index contributed by atoms with van der Waals surface area (Å²) < 4.78 is 10.8. The van der Waals surface area contributed by atoms with E-state index in [0.717, 1.165) is 11.4 Å². The highest BCUT2D eigenvalue weighted by Crippen LogP contribution is 2.28. The summed E-state index contributed by atoms with van der Waals surface area (Å²) in [6, 6.07) is 13.6. The molecule has 0 unspecified atom stereocenters. The van der Waals surface area contributed by atoms with Gasteiger partial charge in [0.25, 0.3) is 5.91 Å². The Labute approximate surface area is 161 Å². The highest BCUT2D eigenvalue weighted by molar-refractivity contribution is 6.04. The van der Waals surface area contributed by atoms with Gasteiger partial charge in [-0.1, -0.05) is 19.3 Å². The van der Waals surface area contributed by atoms with E-state index in [1.807, 2.05) is 31.2 Å². The number of ether oxygens (including phenoxy) is 2. The van der Waals surface area contributed by atoms with Crippen LogP contribution in [0.2, 0.25) is 0 Å².